The minimum atomic E-state index is -4.06. The second kappa shape index (κ2) is 5.54. The van der Waals surface area contributed by atoms with Crippen molar-refractivity contribution in [2.45, 2.75) is 24.8 Å². The van der Waals surface area contributed by atoms with Gasteiger partial charge in [-0.2, -0.15) is 10.4 Å². The molecular formula is C13H13FN4O2S. The lowest BCUT2D eigenvalue weighted by atomic mass is 10.2. The standard InChI is InChI=1S/C13H13FN4O2S/c1-9(2)18-8-10(7-16-18)17-21(19,20)13-5-3-4-12(14)11(13)6-15/h3-5,7-9,17H,1-2H3. The first-order chi connectivity index (χ1) is 9.85. The van der Waals surface area contributed by atoms with Gasteiger partial charge in [-0.25, -0.2) is 12.8 Å². The van der Waals surface area contributed by atoms with Crippen LogP contribution in [0.15, 0.2) is 35.5 Å². The Labute approximate surface area is 121 Å². The Bertz CT molecular complexity index is 806. The summed E-state index contributed by atoms with van der Waals surface area (Å²) in [6.45, 7) is 3.79. The number of sulfonamides is 1. The van der Waals surface area contributed by atoms with Crippen molar-refractivity contribution in [2.24, 2.45) is 0 Å². The van der Waals surface area contributed by atoms with Gasteiger partial charge in [0.1, 0.15) is 22.3 Å². The minimum absolute atomic E-state index is 0.0760. The Hall–Kier alpha value is -2.40. The first-order valence-electron chi connectivity index (χ1n) is 6.10. The van der Waals surface area contributed by atoms with Crippen LogP contribution in [0, 0.1) is 17.1 Å². The van der Waals surface area contributed by atoms with Gasteiger partial charge < -0.3 is 0 Å². The van der Waals surface area contributed by atoms with Gasteiger partial charge in [-0.3, -0.25) is 9.40 Å². The molecule has 1 aromatic heterocycles. The third-order valence-corrected chi connectivity index (χ3v) is 4.18. The van der Waals surface area contributed by atoms with E-state index >= 15 is 0 Å². The summed E-state index contributed by atoms with van der Waals surface area (Å²) < 4.78 is 41.9. The molecule has 0 saturated carbocycles. The number of nitrogens with zero attached hydrogens (tertiary/aromatic N) is 3. The smallest absolute Gasteiger partial charge is 0.263 e. The number of hydrogen-bond acceptors (Lipinski definition) is 4. The number of nitriles is 1. The largest absolute Gasteiger partial charge is 0.276 e. The van der Waals surface area contributed by atoms with Crippen molar-refractivity contribution in [1.82, 2.24) is 9.78 Å². The maximum absolute atomic E-state index is 13.5. The van der Waals surface area contributed by atoms with Crippen LogP contribution in [-0.2, 0) is 10.0 Å². The summed E-state index contributed by atoms with van der Waals surface area (Å²) in [7, 11) is -4.06. The Morgan fingerprint density at radius 3 is 2.71 bits per heavy atom. The van der Waals surface area contributed by atoms with Crippen molar-refractivity contribution in [3.05, 3.63) is 42.0 Å². The first kappa shape index (κ1) is 15.0. The molecule has 0 aliphatic heterocycles. The second-order valence-corrected chi connectivity index (χ2v) is 6.28. The molecule has 0 aliphatic rings. The van der Waals surface area contributed by atoms with Crippen LogP contribution in [0.1, 0.15) is 25.5 Å². The highest BCUT2D eigenvalue weighted by molar-refractivity contribution is 7.92. The molecular weight excluding hydrogens is 295 g/mol. The molecule has 0 spiro atoms. The zero-order chi connectivity index (χ0) is 15.6. The average Bonchev–Trinajstić information content (AvgIpc) is 2.86. The highest BCUT2D eigenvalue weighted by Gasteiger charge is 2.21. The van der Waals surface area contributed by atoms with E-state index in [0.29, 0.717) is 0 Å². The Morgan fingerprint density at radius 1 is 1.43 bits per heavy atom. The van der Waals surface area contributed by atoms with Gasteiger partial charge in [0, 0.05) is 12.2 Å². The molecule has 1 aromatic carbocycles. The summed E-state index contributed by atoms with van der Waals surface area (Å²) in [4.78, 5) is -0.401. The van der Waals surface area contributed by atoms with Gasteiger partial charge in [-0.1, -0.05) is 6.07 Å². The van der Waals surface area contributed by atoms with Gasteiger partial charge in [-0.05, 0) is 26.0 Å². The van der Waals surface area contributed by atoms with E-state index in [0.717, 1.165) is 6.07 Å². The average molecular weight is 308 g/mol. The molecule has 0 unspecified atom stereocenters. The van der Waals surface area contributed by atoms with Gasteiger partial charge in [-0.15, -0.1) is 0 Å². The van der Waals surface area contributed by atoms with Gasteiger partial charge in [0.15, 0.2) is 0 Å². The summed E-state index contributed by atoms with van der Waals surface area (Å²) in [6, 6.07) is 5.09. The normalized spacial score (nSPS) is 11.4. The quantitative estimate of drug-likeness (QED) is 0.938. The van der Waals surface area contributed by atoms with Crippen LogP contribution in [0.2, 0.25) is 0 Å². The Kier molecular flexibility index (Phi) is 3.95. The third-order valence-electron chi connectivity index (χ3n) is 2.76. The van der Waals surface area contributed by atoms with E-state index in [1.165, 1.54) is 24.5 Å². The van der Waals surface area contributed by atoms with Gasteiger partial charge in [0.2, 0.25) is 0 Å². The first-order valence-corrected chi connectivity index (χ1v) is 7.59. The predicted molar refractivity (Wildman–Crippen MR) is 74.5 cm³/mol. The number of benzene rings is 1. The van der Waals surface area contributed by atoms with Crippen molar-refractivity contribution in [2.75, 3.05) is 4.72 Å². The highest BCUT2D eigenvalue weighted by Crippen LogP contribution is 2.21. The van der Waals surface area contributed by atoms with Crippen molar-refractivity contribution in [1.29, 1.82) is 5.26 Å². The van der Waals surface area contributed by atoms with Crippen LogP contribution in [-0.4, -0.2) is 18.2 Å². The third kappa shape index (κ3) is 3.03. The van der Waals surface area contributed by atoms with E-state index in [-0.39, 0.29) is 11.7 Å². The van der Waals surface area contributed by atoms with Crippen molar-refractivity contribution >= 4 is 15.7 Å². The van der Waals surface area contributed by atoms with Crippen molar-refractivity contribution < 1.29 is 12.8 Å². The van der Waals surface area contributed by atoms with E-state index in [1.807, 2.05) is 13.8 Å². The number of halogens is 1. The van der Waals surface area contributed by atoms with Crippen LogP contribution in [0.4, 0.5) is 10.1 Å². The van der Waals surface area contributed by atoms with Crippen molar-refractivity contribution in [3.63, 3.8) is 0 Å². The number of nitrogens with one attached hydrogen (secondary N) is 1. The molecule has 21 heavy (non-hydrogen) atoms. The van der Waals surface area contributed by atoms with E-state index < -0.39 is 26.3 Å². The molecule has 0 aliphatic carbocycles. The molecule has 0 radical (unpaired) electrons. The fourth-order valence-corrected chi connectivity index (χ4v) is 2.92. The molecule has 0 bridgehead atoms. The molecule has 2 aromatic rings. The lowest BCUT2D eigenvalue weighted by molar-refractivity contribution is 0.532. The van der Waals surface area contributed by atoms with Crippen LogP contribution < -0.4 is 4.72 Å². The summed E-state index contributed by atoms with van der Waals surface area (Å²) in [5.74, 6) is -0.877. The SMILES string of the molecule is CC(C)n1cc(NS(=O)(=O)c2cccc(F)c2C#N)cn1. The van der Waals surface area contributed by atoms with E-state index in [4.69, 9.17) is 5.26 Å². The van der Waals surface area contributed by atoms with Crippen LogP contribution in [0.3, 0.4) is 0 Å². The Balaban J connectivity index is 2.39. The molecule has 2 rings (SSSR count). The summed E-state index contributed by atoms with van der Waals surface area (Å²) in [5.41, 5.74) is -0.266. The summed E-state index contributed by atoms with van der Waals surface area (Å²) in [5, 5.41) is 12.9. The molecule has 0 fully saturated rings. The number of anilines is 1. The fraction of sp³-hybridized carbons (Fsp3) is 0.231. The molecule has 8 heteroatoms. The van der Waals surface area contributed by atoms with Crippen molar-refractivity contribution in [3.8, 4) is 6.07 Å². The zero-order valence-corrected chi connectivity index (χ0v) is 12.2. The fourth-order valence-electron chi connectivity index (χ4n) is 1.72. The number of hydrogen-bond donors (Lipinski definition) is 1. The topological polar surface area (TPSA) is 87.8 Å². The number of aromatic nitrogens is 2. The van der Waals surface area contributed by atoms with Crippen LogP contribution >= 0.6 is 0 Å². The molecule has 110 valence electrons. The monoisotopic (exact) mass is 308 g/mol. The lowest BCUT2D eigenvalue weighted by Gasteiger charge is -2.08. The molecule has 1 N–H and O–H groups in total. The maximum atomic E-state index is 13.5. The Morgan fingerprint density at radius 2 is 2.14 bits per heavy atom. The zero-order valence-electron chi connectivity index (χ0n) is 11.4. The van der Waals surface area contributed by atoms with E-state index in [2.05, 4.69) is 9.82 Å². The van der Waals surface area contributed by atoms with Gasteiger partial charge >= 0.3 is 0 Å². The second-order valence-electron chi connectivity index (χ2n) is 4.63. The summed E-state index contributed by atoms with van der Waals surface area (Å²) in [6.07, 6.45) is 2.87. The molecule has 0 amide bonds. The number of rotatable bonds is 4. The molecule has 0 atom stereocenters. The predicted octanol–water partition coefficient (Wildman–Crippen LogP) is 2.28. The summed E-state index contributed by atoms with van der Waals surface area (Å²) >= 11 is 0. The lowest BCUT2D eigenvalue weighted by Crippen LogP contribution is -2.14. The highest BCUT2D eigenvalue weighted by atomic mass is 32.2. The maximum Gasteiger partial charge on any atom is 0.263 e. The van der Waals surface area contributed by atoms with E-state index in [1.54, 1.807) is 10.8 Å². The molecule has 6 nitrogen and oxygen atoms in total. The van der Waals surface area contributed by atoms with Gasteiger partial charge in [0.25, 0.3) is 10.0 Å². The molecule has 0 saturated heterocycles. The van der Waals surface area contributed by atoms with E-state index in [9.17, 15) is 12.8 Å². The minimum Gasteiger partial charge on any atom is -0.276 e. The van der Waals surface area contributed by atoms with Crippen LogP contribution in [0.25, 0.3) is 0 Å². The van der Waals surface area contributed by atoms with Crippen LogP contribution in [0.5, 0.6) is 0 Å². The van der Waals surface area contributed by atoms with Gasteiger partial charge in [0.05, 0.1) is 11.9 Å². The molecule has 1 heterocycles.